The molecule has 14 heavy (non-hydrogen) atoms. The van der Waals surface area contributed by atoms with Gasteiger partial charge in [0.05, 0.1) is 12.1 Å². The fraction of sp³-hybridized carbons (Fsp3) is 0.455. The van der Waals surface area contributed by atoms with Crippen molar-refractivity contribution in [1.82, 2.24) is 0 Å². The van der Waals surface area contributed by atoms with Gasteiger partial charge in [0.25, 0.3) is 0 Å². The first kappa shape index (κ1) is 11.5. The maximum Gasteiger partial charge on any atom is 0.0739 e. The van der Waals surface area contributed by atoms with Gasteiger partial charge in [-0.3, -0.25) is 0 Å². The van der Waals surface area contributed by atoms with Gasteiger partial charge >= 0.3 is 0 Å². The van der Waals surface area contributed by atoms with Gasteiger partial charge in [0.1, 0.15) is 0 Å². The van der Waals surface area contributed by atoms with Crippen LogP contribution in [0.5, 0.6) is 0 Å². The third kappa shape index (κ3) is 2.98. The quantitative estimate of drug-likeness (QED) is 0.835. The van der Waals surface area contributed by atoms with Gasteiger partial charge in [0.2, 0.25) is 0 Å². The molecule has 0 fully saturated rings. The summed E-state index contributed by atoms with van der Waals surface area (Å²) >= 11 is 5.87. The first-order valence-corrected chi connectivity index (χ1v) is 5.15. The van der Waals surface area contributed by atoms with E-state index in [1.807, 2.05) is 38.1 Å². The van der Waals surface area contributed by atoms with Crippen molar-refractivity contribution in [3.05, 3.63) is 34.9 Å². The average molecular weight is 214 g/mol. The van der Waals surface area contributed by atoms with Crippen LogP contribution in [0.2, 0.25) is 5.02 Å². The van der Waals surface area contributed by atoms with E-state index in [0.29, 0.717) is 11.6 Å². The fourth-order valence-corrected chi connectivity index (χ4v) is 1.55. The molecule has 0 saturated heterocycles. The van der Waals surface area contributed by atoms with Gasteiger partial charge < -0.3 is 10.5 Å². The second kappa shape index (κ2) is 5.35. The third-order valence-corrected chi connectivity index (χ3v) is 2.40. The van der Waals surface area contributed by atoms with Crippen LogP contribution in [0.25, 0.3) is 0 Å². The van der Waals surface area contributed by atoms with E-state index in [-0.39, 0.29) is 12.1 Å². The van der Waals surface area contributed by atoms with Crippen LogP contribution in [0, 0.1) is 0 Å². The minimum atomic E-state index is -0.117. The van der Waals surface area contributed by atoms with E-state index < -0.39 is 0 Å². The number of ether oxygens (including phenoxy) is 1. The van der Waals surface area contributed by atoms with Gasteiger partial charge in [-0.05, 0) is 31.5 Å². The molecule has 2 N–H and O–H groups in total. The van der Waals surface area contributed by atoms with E-state index in [2.05, 4.69) is 0 Å². The van der Waals surface area contributed by atoms with Crippen molar-refractivity contribution >= 4 is 11.6 Å². The van der Waals surface area contributed by atoms with Crippen molar-refractivity contribution in [1.29, 1.82) is 0 Å². The van der Waals surface area contributed by atoms with Crippen LogP contribution in [-0.2, 0) is 4.74 Å². The molecule has 78 valence electrons. The summed E-state index contributed by atoms with van der Waals surface area (Å²) < 4.78 is 5.43. The maximum absolute atomic E-state index is 6.01. The lowest BCUT2D eigenvalue weighted by Gasteiger charge is -2.20. The second-order valence-electron chi connectivity index (χ2n) is 3.24. The van der Waals surface area contributed by atoms with Gasteiger partial charge in [0.15, 0.2) is 0 Å². The predicted octanol–water partition coefficient (Wildman–Crippen LogP) is 2.76. The first-order valence-electron chi connectivity index (χ1n) is 4.77. The van der Waals surface area contributed by atoms with Crippen molar-refractivity contribution in [2.45, 2.75) is 26.0 Å². The molecule has 1 rings (SSSR count). The van der Waals surface area contributed by atoms with Gasteiger partial charge in [0, 0.05) is 11.6 Å². The van der Waals surface area contributed by atoms with Crippen molar-refractivity contribution in [2.75, 3.05) is 6.61 Å². The predicted molar refractivity (Wildman–Crippen MR) is 59.5 cm³/mol. The molecule has 2 nitrogen and oxygen atoms in total. The molecule has 0 bridgehead atoms. The molecule has 0 aromatic heterocycles. The molecule has 0 amide bonds. The van der Waals surface area contributed by atoms with E-state index in [4.69, 9.17) is 22.1 Å². The van der Waals surface area contributed by atoms with Crippen molar-refractivity contribution in [3.63, 3.8) is 0 Å². The van der Waals surface area contributed by atoms with Crippen LogP contribution in [0.4, 0.5) is 0 Å². The van der Waals surface area contributed by atoms with Gasteiger partial charge in [-0.25, -0.2) is 0 Å². The van der Waals surface area contributed by atoms with Crippen molar-refractivity contribution < 1.29 is 4.74 Å². The number of rotatable bonds is 4. The maximum atomic E-state index is 6.01. The van der Waals surface area contributed by atoms with Crippen molar-refractivity contribution in [2.24, 2.45) is 5.73 Å². The Kier molecular flexibility index (Phi) is 4.39. The Hall–Kier alpha value is -0.570. The standard InChI is InChI=1S/C11H16ClNO/c1-3-14-8(2)11(13)9-5-4-6-10(12)7-9/h4-8,11H,3,13H2,1-2H3. The largest absolute Gasteiger partial charge is 0.377 e. The molecule has 3 heteroatoms. The molecular formula is C11H16ClNO. The van der Waals surface area contributed by atoms with Crippen LogP contribution in [0.1, 0.15) is 25.5 Å². The summed E-state index contributed by atoms with van der Waals surface area (Å²) in [4.78, 5) is 0. The lowest BCUT2D eigenvalue weighted by Crippen LogP contribution is -2.26. The molecule has 0 heterocycles. The Morgan fingerprint density at radius 3 is 2.79 bits per heavy atom. The summed E-state index contributed by atoms with van der Waals surface area (Å²) in [5, 5.41) is 0.710. The summed E-state index contributed by atoms with van der Waals surface area (Å²) in [6, 6.07) is 7.46. The Bertz CT molecular complexity index is 290. The topological polar surface area (TPSA) is 35.2 Å². The molecule has 1 aromatic carbocycles. The first-order chi connectivity index (χ1) is 6.65. The number of nitrogens with two attached hydrogens (primary N) is 1. The van der Waals surface area contributed by atoms with E-state index in [9.17, 15) is 0 Å². The minimum absolute atomic E-state index is 0.0125. The summed E-state index contributed by atoms with van der Waals surface area (Å²) in [5.74, 6) is 0. The molecule has 0 aliphatic rings. The number of hydrogen-bond acceptors (Lipinski definition) is 2. The zero-order valence-corrected chi connectivity index (χ0v) is 9.29. The van der Waals surface area contributed by atoms with Crippen LogP contribution >= 0.6 is 11.6 Å². The Morgan fingerprint density at radius 1 is 1.50 bits per heavy atom. The van der Waals surface area contributed by atoms with E-state index in [1.165, 1.54) is 0 Å². The molecule has 1 aromatic rings. The average Bonchev–Trinajstić information content (AvgIpc) is 2.17. The Balaban J connectivity index is 2.73. The highest BCUT2D eigenvalue weighted by Crippen LogP contribution is 2.19. The number of benzene rings is 1. The molecule has 0 aliphatic heterocycles. The van der Waals surface area contributed by atoms with Crippen LogP contribution in [0.3, 0.4) is 0 Å². The van der Waals surface area contributed by atoms with Crippen LogP contribution in [-0.4, -0.2) is 12.7 Å². The Labute approximate surface area is 90.0 Å². The highest BCUT2D eigenvalue weighted by Gasteiger charge is 2.14. The monoisotopic (exact) mass is 213 g/mol. The van der Waals surface area contributed by atoms with E-state index in [1.54, 1.807) is 0 Å². The summed E-state index contributed by atoms with van der Waals surface area (Å²) in [6.07, 6.45) is 0.0125. The normalized spacial score (nSPS) is 15.1. The Morgan fingerprint density at radius 2 is 2.21 bits per heavy atom. The van der Waals surface area contributed by atoms with Crippen molar-refractivity contribution in [3.8, 4) is 0 Å². The van der Waals surface area contributed by atoms with E-state index >= 15 is 0 Å². The molecule has 2 atom stereocenters. The molecule has 0 spiro atoms. The van der Waals surface area contributed by atoms with Gasteiger partial charge in [-0.15, -0.1) is 0 Å². The highest BCUT2D eigenvalue weighted by atomic mass is 35.5. The fourth-order valence-electron chi connectivity index (χ4n) is 1.35. The molecule has 0 saturated carbocycles. The lowest BCUT2D eigenvalue weighted by molar-refractivity contribution is 0.0574. The molecule has 2 unspecified atom stereocenters. The smallest absolute Gasteiger partial charge is 0.0739 e. The zero-order chi connectivity index (χ0) is 10.6. The third-order valence-electron chi connectivity index (χ3n) is 2.17. The lowest BCUT2D eigenvalue weighted by atomic mass is 10.0. The number of halogens is 1. The SMILES string of the molecule is CCOC(C)C(N)c1cccc(Cl)c1. The van der Waals surface area contributed by atoms with Crippen LogP contribution in [0.15, 0.2) is 24.3 Å². The van der Waals surface area contributed by atoms with E-state index in [0.717, 1.165) is 5.56 Å². The molecular weight excluding hydrogens is 198 g/mol. The number of hydrogen-bond donors (Lipinski definition) is 1. The van der Waals surface area contributed by atoms with Gasteiger partial charge in [-0.2, -0.15) is 0 Å². The summed E-state index contributed by atoms with van der Waals surface area (Å²) in [6.45, 7) is 4.60. The summed E-state index contributed by atoms with van der Waals surface area (Å²) in [5.41, 5.74) is 7.02. The highest BCUT2D eigenvalue weighted by molar-refractivity contribution is 6.30. The second-order valence-corrected chi connectivity index (χ2v) is 3.68. The summed E-state index contributed by atoms with van der Waals surface area (Å²) in [7, 11) is 0. The molecule has 0 radical (unpaired) electrons. The minimum Gasteiger partial charge on any atom is -0.377 e. The zero-order valence-electron chi connectivity index (χ0n) is 8.53. The van der Waals surface area contributed by atoms with Gasteiger partial charge in [-0.1, -0.05) is 23.7 Å². The van der Waals surface area contributed by atoms with Crippen LogP contribution < -0.4 is 5.73 Å². The molecule has 0 aliphatic carbocycles.